The maximum Gasteiger partial charge on any atom is 0.254 e. The number of nitrogens with zero attached hydrogens (tertiary/aromatic N) is 2. The number of hydrogen-bond donors (Lipinski definition) is 2. The van der Waals surface area contributed by atoms with Crippen molar-refractivity contribution < 1.29 is 14.4 Å². The van der Waals surface area contributed by atoms with Crippen molar-refractivity contribution in [3.05, 3.63) is 74.7 Å². The SMILES string of the molecule is Cc1ccc(NC(=O)Cc2csc(NC(=O)CN(C(=O)c3ccc(Cl)c(Cl)c3)C(C)C)n2)cc1. The molecule has 3 aromatic rings. The monoisotopic (exact) mass is 518 g/mol. The summed E-state index contributed by atoms with van der Waals surface area (Å²) in [6.07, 6.45) is 0.0776. The molecule has 0 radical (unpaired) electrons. The Morgan fingerprint density at radius 3 is 2.35 bits per heavy atom. The molecule has 2 aromatic carbocycles. The van der Waals surface area contributed by atoms with E-state index in [1.807, 2.05) is 45.0 Å². The third-order valence-electron chi connectivity index (χ3n) is 4.84. The lowest BCUT2D eigenvalue weighted by atomic mass is 10.1. The Bertz CT molecular complexity index is 1200. The molecule has 1 heterocycles. The summed E-state index contributed by atoms with van der Waals surface area (Å²) in [5.41, 5.74) is 2.69. The van der Waals surface area contributed by atoms with Crippen LogP contribution in [0.3, 0.4) is 0 Å². The van der Waals surface area contributed by atoms with Crippen LogP contribution in [0.5, 0.6) is 0 Å². The summed E-state index contributed by atoms with van der Waals surface area (Å²) in [6, 6.07) is 11.9. The summed E-state index contributed by atoms with van der Waals surface area (Å²) in [6.45, 7) is 5.44. The Balaban J connectivity index is 1.58. The fourth-order valence-electron chi connectivity index (χ4n) is 3.05. The molecule has 0 aliphatic heterocycles. The molecule has 0 atom stereocenters. The van der Waals surface area contributed by atoms with Crippen LogP contribution in [-0.4, -0.2) is 40.2 Å². The predicted octanol–water partition coefficient (Wildman–Crippen LogP) is 5.43. The van der Waals surface area contributed by atoms with Crippen molar-refractivity contribution in [1.29, 1.82) is 0 Å². The minimum absolute atomic E-state index is 0.0776. The molecule has 7 nitrogen and oxygen atoms in total. The van der Waals surface area contributed by atoms with Gasteiger partial charge in [0.25, 0.3) is 5.91 Å². The number of amides is 3. The third kappa shape index (κ3) is 7.03. The highest BCUT2D eigenvalue weighted by atomic mass is 35.5. The number of halogens is 2. The molecule has 0 spiro atoms. The van der Waals surface area contributed by atoms with E-state index in [2.05, 4.69) is 15.6 Å². The minimum Gasteiger partial charge on any atom is -0.327 e. The number of hydrogen-bond acceptors (Lipinski definition) is 5. The first-order chi connectivity index (χ1) is 16.1. The van der Waals surface area contributed by atoms with E-state index >= 15 is 0 Å². The molecule has 0 fully saturated rings. The van der Waals surface area contributed by atoms with Crippen LogP contribution in [0.15, 0.2) is 47.8 Å². The molecular weight excluding hydrogens is 495 g/mol. The molecule has 3 rings (SSSR count). The van der Waals surface area contributed by atoms with Crippen LogP contribution in [0.2, 0.25) is 10.0 Å². The zero-order chi connectivity index (χ0) is 24.8. The van der Waals surface area contributed by atoms with Crippen molar-refractivity contribution in [3.63, 3.8) is 0 Å². The molecule has 34 heavy (non-hydrogen) atoms. The lowest BCUT2D eigenvalue weighted by molar-refractivity contribution is -0.117. The van der Waals surface area contributed by atoms with Gasteiger partial charge in [0.2, 0.25) is 11.8 Å². The average Bonchev–Trinajstić information content (AvgIpc) is 3.21. The molecule has 1 aromatic heterocycles. The van der Waals surface area contributed by atoms with Crippen molar-refractivity contribution in [2.75, 3.05) is 17.2 Å². The van der Waals surface area contributed by atoms with Crippen LogP contribution >= 0.6 is 34.5 Å². The first kappa shape index (κ1) is 25.7. The van der Waals surface area contributed by atoms with Crippen molar-refractivity contribution >= 4 is 63.1 Å². The van der Waals surface area contributed by atoms with Crippen LogP contribution in [0, 0.1) is 6.92 Å². The summed E-state index contributed by atoms with van der Waals surface area (Å²) in [7, 11) is 0. The molecule has 2 N–H and O–H groups in total. The molecule has 0 bridgehead atoms. The van der Waals surface area contributed by atoms with Gasteiger partial charge in [-0.15, -0.1) is 11.3 Å². The Hall–Kier alpha value is -2.94. The number of thiazole rings is 1. The Kier molecular flexibility index (Phi) is 8.66. The molecule has 0 saturated carbocycles. The maximum absolute atomic E-state index is 12.9. The molecule has 0 aliphatic rings. The van der Waals surface area contributed by atoms with Crippen molar-refractivity contribution in [2.45, 2.75) is 33.2 Å². The van der Waals surface area contributed by atoms with Gasteiger partial charge in [0, 0.05) is 22.7 Å². The third-order valence-corrected chi connectivity index (χ3v) is 6.39. The van der Waals surface area contributed by atoms with Gasteiger partial charge in [0.05, 0.1) is 22.2 Å². The number of carbonyl (C=O) groups excluding carboxylic acids is 3. The van der Waals surface area contributed by atoms with E-state index < -0.39 is 5.91 Å². The number of aryl methyl sites for hydroxylation is 1. The zero-order valence-corrected chi connectivity index (χ0v) is 21.2. The second kappa shape index (κ2) is 11.5. The highest BCUT2D eigenvalue weighted by Crippen LogP contribution is 2.24. The van der Waals surface area contributed by atoms with Gasteiger partial charge in [-0.2, -0.15) is 0 Å². The topological polar surface area (TPSA) is 91.4 Å². The van der Waals surface area contributed by atoms with Gasteiger partial charge in [-0.05, 0) is 51.1 Å². The molecule has 178 valence electrons. The van der Waals surface area contributed by atoms with E-state index in [1.165, 1.54) is 22.3 Å². The number of nitrogens with one attached hydrogen (secondary N) is 2. The molecule has 3 amide bonds. The molecule has 0 unspecified atom stereocenters. The highest BCUT2D eigenvalue weighted by Gasteiger charge is 2.23. The predicted molar refractivity (Wildman–Crippen MR) is 137 cm³/mol. The molecular formula is C24H24Cl2N4O3S. The number of carbonyl (C=O) groups is 3. The van der Waals surface area contributed by atoms with E-state index in [-0.39, 0.29) is 35.8 Å². The molecule has 10 heteroatoms. The Morgan fingerprint density at radius 1 is 1.00 bits per heavy atom. The van der Waals surface area contributed by atoms with Crippen molar-refractivity contribution in [1.82, 2.24) is 9.88 Å². The van der Waals surface area contributed by atoms with Crippen LogP contribution < -0.4 is 10.6 Å². The number of anilines is 2. The van der Waals surface area contributed by atoms with E-state index in [0.29, 0.717) is 27.1 Å². The summed E-state index contributed by atoms with van der Waals surface area (Å²) in [5, 5.41) is 8.20. The fourth-order valence-corrected chi connectivity index (χ4v) is 4.07. The van der Waals surface area contributed by atoms with Crippen LogP contribution in [-0.2, 0) is 16.0 Å². The van der Waals surface area contributed by atoms with Crippen LogP contribution in [0.4, 0.5) is 10.8 Å². The Labute approximate surface area is 212 Å². The van der Waals surface area contributed by atoms with Crippen molar-refractivity contribution in [2.24, 2.45) is 0 Å². The second-order valence-corrected chi connectivity index (χ2v) is 9.61. The van der Waals surface area contributed by atoms with Crippen molar-refractivity contribution in [3.8, 4) is 0 Å². The van der Waals surface area contributed by atoms with E-state index in [1.54, 1.807) is 17.5 Å². The lowest BCUT2D eigenvalue weighted by Gasteiger charge is -2.26. The average molecular weight is 519 g/mol. The summed E-state index contributed by atoms with van der Waals surface area (Å²) in [4.78, 5) is 43.6. The van der Waals surface area contributed by atoms with Gasteiger partial charge in [-0.1, -0.05) is 40.9 Å². The summed E-state index contributed by atoms with van der Waals surface area (Å²) < 4.78 is 0. The van der Waals surface area contributed by atoms with Gasteiger partial charge >= 0.3 is 0 Å². The van der Waals surface area contributed by atoms with E-state index in [4.69, 9.17) is 23.2 Å². The number of rotatable bonds is 8. The minimum atomic E-state index is -0.396. The largest absolute Gasteiger partial charge is 0.327 e. The van der Waals surface area contributed by atoms with Crippen LogP contribution in [0.25, 0.3) is 0 Å². The lowest BCUT2D eigenvalue weighted by Crippen LogP contribution is -2.42. The first-order valence-corrected chi connectivity index (χ1v) is 12.1. The molecule has 0 saturated heterocycles. The fraction of sp³-hybridized carbons (Fsp3) is 0.250. The molecule has 0 aliphatic carbocycles. The van der Waals surface area contributed by atoms with Gasteiger partial charge in [-0.3, -0.25) is 14.4 Å². The zero-order valence-electron chi connectivity index (χ0n) is 18.9. The van der Waals surface area contributed by atoms with Gasteiger partial charge in [0.15, 0.2) is 5.13 Å². The standard InChI is InChI=1S/C24H24Cl2N4O3S/c1-14(2)30(23(33)16-6-9-19(25)20(26)10-16)12-22(32)29-24-28-18(13-34-24)11-21(31)27-17-7-4-15(3)5-8-17/h4-10,13-14H,11-12H2,1-3H3,(H,27,31)(H,28,29,32). The van der Waals surface area contributed by atoms with Crippen LogP contribution in [0.1, 0.15) is 35.5 Å². The first-order valence-electron chi connectivity index (χ1n) is 10.5. The summed E-state index contributed by atoms with van der Waals surface area (Å²) in [5.74, 6) is -0.936. The van der Waals surface area contributed by atoms with Gasteiger partial charge < -0.3 is 15.5 Å². The van der Waals surface area contributed by atoms with E-state index in [9.17, 15) is 14.4 Å². The Morgan fingerprint density at radius 2 is 1.71 bits per heavy atom. The van der Waals surface area contributed by atoms with Gasteiger partial charge in [0.1, 0.15) is 6.54 Å². The van der Waals surface area contributed by atoms with Gasteiger partial charge in [-0.25, -0.2) is 4.98 Å². The quantitative estimate of drug-likeness (QED) is 0.415. The number of benzene rings is 2. The highest BCUT2D eigenvalue weighted by molar-refractivity contribution is 7.13. The summed E-state index contributed by atoms with van der Waals surface area (Å²) >= 11 is 13.2. The van der Waals surface area contributed by atoms with E-state index in [0.717, 1.165) is 5.56 Å². The smallest absolute Gasteiger partial charge is 0.254 e. The maximum atomic E-state index is 12.9. The normalized spacial score (nSPS) is 10.8. The number of aromatic nitrogens is 1. The second-order valence-electron chi connectivity index (χ2n) is 7.94.